The van der Waals surface area contributed by atoms with Crippen LogP contribution in [0.15, 0.2) is 36.4 Å². The molecule has 0 fully saturated rings. The number of hydrogen-bond donors (Lipinski definition) is 3. The van der Waals surface area contributed by atoms with Gasteiger partial charge in [0.05, 0.1) is 0 Å². The van der Waals surface area contributed by atoms with Crippen LogP contribution in [0.1, 0.15) is 11.1 Å². The summed E-state index contributed by atoms with van der Waals surface area (Å²) in [6.07, 6.45) is 0. The molecule has 0 spiro atoms. The number of rotatable bonds is 5. The molecule has 22 heavy (non-hydrogen) atoms. The summed E-state index contributed by atoms with van der Waals surface area (Å²) in [4.78, 5) is 10.9. The molecule has 0 aliphatic rings. The minimum atomic E-state index is -1.39. The lowest BCUT2D eigenvalue weighted by molar-refractivity contribution is -0.129. The van der Waals surface area contributed by atoms with Gasteiger partial charge in [-0.3, -0.25) is 5.41 Å². The molecule has 114 valence electrons. The Morgan fingerprint density at radius 2 is 1.95 bits per heavy atom. The Hall–Kier alpha value is -2.47. The van der Waals surface area contributed by atoms with E-state index in [1.165, 1.54) is 24.3 Å². The second-order valence-corrected chi connectivity index (χ2v) is 4.90. The van der Waals surface area contributed by atoms with Crippen LogP contribution in [0.2, 0.25) is 5.02 Å². The highest BCUT2D eigenvalue weighted by molar-refractivity contribution is 6.42. The van der Waals surface area contributed by atoms with Crippen LogP contribution in [-0.2, 0) is 11.3 Å². The third-order valence-corrected chi connectivity index (χ3v) is 3.18. The molecule has 0 saturated heterocycles. The van der Waals surface area contributed by atoms with Crippen molar-refractivity contribution in [1.29, 1.82) is 5.41 Å². The number of nitrogens with one attached hydrogen (secondary N) is 2. The molecular weight excluding hydrogens is 314 g/mol. The zero-order valence-electron chi connectivity index (χ0n) is 11.2. The van der Waals surface area contributed by atoms with Gasteiger partial charge >= 0.3 is 5.97 Å². The molecule has 0 aliphatic carbocycles. The Morgan fingerprint density at radius 1 is 1.23 bits per heavy atom. The van der Waals surface area contributed by atoms with Crippen molar-refractivity contribution < 1.29 is 18.7 Å². The Balaban J connectivity index is 2.27. The van der Waals surface area contributed by atoms with Gasteiger partial charge in [0.15, 0.2) is 0 Å². The lowest BCUT2D eigenvalue weighted by Crippen LogP contribution is -2.15. The summed E-state index contributed by atoms with van der Waals surface area (Å²) in [5.41, 5.74) is -0.00373. The zero-order valence-corrected chi connectivity index (χ0v) is 11.9. The van der Waals surface area contributed by atoms with Crippen LogP contribution >= 0.6 is 11.6 Å². The first-order valence-corrected chi connectivity index (χ1v) is 6.56. The first kappa shape index (κ1) is 15.9. The Bertz CT molecular complexity index is 750. The van der Waals surface area contributed by atoms with E-state index in [4.69, 9.17) is 22.1 Å². The summed E-state index contributed by atoms with van der Waals surface area (Å²) in [7, 11) is 0. The van der Waals surface area contributed by atoms with Gasteiger partial charge in [0.1, 0.15) is 17.3 Å². The average molecular weight is 325 g/mol. The molecule has 0 heterocycles. The van der Waals surface area contributed by atoms with E-state index < -0.39 is 23.3 Å². The molecule has 0 radical (unpaired) electrons. The number of anilines is 1. The largest absolute Gasteiger partial charge is 0.477 e. The first-order valence-electron chi connectivity index (χ1n) is 6.18. The van der Waals surface area contributed by atoms with E-state index in [0.29, 0.717) is 5.02 Å². The predicted octanol–water partition coefficient (Wildman–Crippen LogP) is 3.68. The molecule has 0 atom stereocenters. The molecule has 0 unspecified atom stereocenters. The normalized spacial score (nSPS) is 10.3. The summed E-state index contributed by atoms with van der Waals surface area (Å²) >= 11 is 5.85. The topological polar surface area (TPSA) is 73.2 Å². The monoisotopic (exact) mass is 324 g/mol. The Morgan fingerprint density at radius 3 is 2.59 bits per heavy atom. The molecule has 3 N–H and O–H groups in total. The number of carbonyl (C=O) groups is 1. The smallest absolute Gasteiger partial charge is 0.354 e. The lowest BCUT2D eigenvalue weighted by atomic mass is 10.1. The van der Waals surface area contributed by atoms with Gasteiger partial charge in [-0.1, -0.05) is 17.7 Å². The number of aliphatic carboxylic acids is 1. The standard InChI is InChI=1S/C15H11ClF2N2O2/c16-9-2-4-11(14(19)15(21)22)13(5-9)20-7-8-1-3-10(17)6-12(8)18/h1-6,19-20H,7H2,(H,21,22). The maximum atomic E-state index is 13.6. The van der Waals surface area contributed by atoms with Gasteiger partial charge in [-0.05, 0) is 24.3 Å². The van der Waals surface area contributed by atoms with Gasteiger partial charge in [0, 0.05) is 34.4 Å². The van der Waals surface area contributed by atoms with Gasteiger partial charge in [-0.25, -0.2) is 13.6 Å². The van der Waals surface area contributed by atoms with Crippen molar-refractivity contribution in [2.45, 2.75) is 6.54 Å². The lowest BCUT2D eigenvalue weighted by Gasteiger charge is -2.12. The SMILES string of the molecule is N=C(C(=O)O)c1ccc(Cl)cc1NCc1ccc(F)cc1F. The molecule has 7 heteroatoms. The fourth-order valence-electron chi connectivity index (χ4n) is 1.85. The van der Waals surface area contributed by atoms with Gasteiger partial charge in [-0.2, -0.15) is 0 Å². The van der Waals surface area contributed by atoms with Crippen molar-refractivity contribution in [2.24, 2.45) is 0 Å². The van der Waals surface area contributed by atoms with Crippen LogP contribution in [0.4, 0.5) is 14.5 Å². The molecule has 0 aliphatic heterocycles. The molecule has 0 amide bonds. The second-order valence-electron chi connectivity index (χ2n) is 4.46. The fourth-order valence-corrected chi connectivity index (χ4v) is 2.02. The van der Waals surface area contributed by atoms with Gasteiger partial charge in [0.2, 0.25) is 0 Å². The first-order chi connectivity index (χ1) is 10.4. The Labute approximate surface area is 129 Å². The molecule has 2 aromatic carbocycles. The maximum absolute atomic E-state index is 13.6. The molecule has 0 bridgehead atoms. The van der Waals surface area contributed by atoms with Crippen molar-refractivity contribution in [3.8, 4) is 0 Å². The van der Waals surface area contributed by atoms with Crippen LogP contribution in [0.5, 0.6) is 0 Å². The minimum absolute atomic E-state index is 0.00758. The van der Waals surface area contributed by atoms with Crippen LogP contribution in [0.3, 0.4) is 0 Å². The van der Waals surface area contributed by atoms with Crippen molar-refractivity contribution in [2.75, 3.05) is 5.32 Å². The second kappa shape index (κ2) is 6.53. The van der Waals surface area contributed by atoms with Crippen LogP contribution in [-0.4, -0.2) is 16.8 Å². The van der Waals surface area contributed by atoms with Crippen LogP contribution in [0, 0.1) is 17.0 Å². The third-order valence-electron chi connectivity index (χ3n) is 2.95. The molecular formula is C15H11ClF2N2O2. The maximum Gasteiger partial charge on any atom is 0.354 e. The number of benzene rings is 2. The van der Waals surface area contributed by atoms with E-state index in [1.54, 1.807) is 0 Å². The van der Waals surface area contributed by atoms with E-state index in [0.717, 1.165) is 12.1 Å². The summed E-state index contributed by atoms with van der Waals surface area (Å²) < 4.78 is 26.4. The summed E-state index contributed by atoms with van der Waals surface area (Å²) in [5, 5.41) is 19.6. The van der Waals surface area contributed by atoms with Crippen molar-refractivity contribution in [3.05, 3.63) is 64.2 Å². The average Bonchev–Trinajstić information content (AvgIpc) is 2.45. The van der Waals surface area contributed by atoms with Gasteiger partial charge in [-0.15, -0.1) is 0 Å². The Kier molecular flexibility index (Phi) is 4.72. The zero-order chi connectivity index (χ0) is 16.3. The number of carboxylic acid groups (broad SMARTS) is 1. The number of carboxylic acids is 1. The quantitative estimate of drug-likeness (QED) is 0.734. The number of halogens is 3. The molecule has 0 saturated carbocycles. The summed E-state index contributed by atoms with van der Waals surface area (Å²) in [6, 6.07) is 7.45. The fraction of sp³-hybridized carbons (Fsp3) is 0.0667. The third kappa shape index (κ3) is 3.59. The van der Waals surface area contributed by atoms with Crippen LogP contribution in [0.25, 0.3) is 0 Å². The van der Waals surface area contributed by atoms with E-state index in [1.807, 2.05) is 0 Å². The highest BCUT2D eigenvalue weighted by Gasteiger charge is 2.15. The van der Waals surface area contributed by atoms with Crippen molar-refractivity contribution in [3.63, 3.8) is 0 Å². The van der Waals surface area contributed by atoms with Gasteiger partial charge in [0.25, 0.3) is 0 Å². The summed E-state index contributed by atoms with van der Waals surface area (Å²) in [5.74, 6) is -2.79. The molecule has 0 aromatic heterocycles. The number of hydrogen-bond acceptors (Lipinski definition) is 3. The minimum Gasteiger partial charge on any atom is -0.477 e. The molecule has 2 rings (SSSR count). The van der Waals surface area contributed by atoms with E-state index in [9.17, 15) is 13.6 Å². The summed E-state index contributed by atoms with van der Waals surface area (Å²) in [6.45, 7) is -0.00758. The van der Waals surface area contributed by atoms with Crippen molar-refractivity contribution >= 4 is 29.0 Å². The highest BCUT2D eigenvalue weighted by atomic mass is 35.5. The highest BCUT2D eigenvalue weighted by Crippen LogP contribution is 2.23. The van der Waals surface area contributed by atoms with Crippen LogP contribution < -0.4 is 5.32 Å². The molecule has 2 aromatic rings. The predicted molar refractivity (Wildman–Crippen MR) is 79.6 cm³/mol. The van der Waals surface area contributed by atoms with Crippen molar-refractivity contribution in [1.82, 2.24) is 0 Å². The van der Waals surface area contributed by atoms with E-state index >= 15 is 0 Å². The van der Waals surface area contributed by atoms with E-state index in [2.05, 4.69) is 5.32 Å². The molecule has 4 nitrogen and oxygen atoms in total. The van der Waals surface area contributed by atoms with Gasteiger partial charge < -0.3 is 10.4 Å². The van der Waals surface area contributed by atoms with E-state index in [-0.39, 0.29) is 23.4 Å².